The summed E-state index contributed by atoms with van der Waals surface area (Å²) in [7, 11) is 0. The first-order chi connectivity index (χ1) is 17.5. The highest BCUT2D eigenvalue weighted by Crippen LogP contribution is 2.44. The van der Waals surface area contributed by atoms with Crippen molar-refractivity contribution in [1.82, 2.24) is 0 Å². The summed E-state index contributed by atoms with van der Waals surface area (Å²) in [5.74, 6) is -1.43. The molecule has 3 N–H and O–H groups in total. The van der Waals surface area contributed by atoms with E-state index in [4.69, 9.17) is 9.84 Å². The summed E-state index contributed by atoms with van der Waals surface area (Å²) < 4.78 is 5.32. The monoisotopic (exact) mass is 546 g/mol. The second-order valence-corrected chi connectivity index (χ2v) is 12.2. The Morgan fingerprint density at radius 3 is 2.57 bits per heavy atom. The van der Waals surface area contributed by atoms with Crippen LogP contribution in [0.4, 0.5) is 10.7 Å². The number of carboxylic acid groups (broad SMARTS) is 1. The summed E-state index contributed by atoms with van der Waals surface area (Å²) in [5.41, 5.74) is 2.18. The number of carboxylic acids is 1. The fourth-order valence-corrected chi connectivity index (χ4v) is 6.34. The number of fused-ring (bicyclic) bond motifs is 1. The first-order valence-corrected chi connectivity index (χ1v) is 14.1. The number of hydrogen-bond donors (Lipinski definition) is 3. The van der Waals surface area contributed by atoms with Gasteiger partial charge in [0.1, 0.15) is 5.00 Å². The van der Waals surface area contributed by atoms with Crippen LogP contribution in [0.3, 0.4) is 0 Å². The molecule has 0 aliphatic heterocycles. The zero-order chi connectivity index (χ0) is 27.2. The van der Waals surface area contributed by atoms with Gasteiger partial charge in [-0.15, -0.1) is 23.1 Å². The van der Waals surface area contributed by atoms with Crippen molar-refractivity contribution in [2.24, 2.45) is 11.3 Å². The van der Waals surface area contributed by atoms with Crippen LogP contribution in [-0.2, 0) is 32.0 Å². The predicted octanol–water partition coefficient (Wildman–Crippen LogP) is 5.61. The van der Waals surface area contributed by atoms with Crippen LogP contribution in [0.2, 0.25) is 0 Å². The summed E-state index contributed by atoms with van der Waals surface area (Å²) >= 11 is 2.77. The van der Waals surface area contributed by atoms with E-state index in [1.165, 1.54) is 23.1 Å². The van der Waals surface area contributed by atoms with Crippen LogP contribution in [0.15, 0.2) is 29.2 Å². The number of esters is 1. The largest absolute Gasteiger partial charge is 0.481 e. The molecule has 37 heavy (non-hydrogen) atoms. The molecule has 3 rings (SSSR count). The van der Waals surface area contributed by atoms with Crippen molar-refractivity contribution in [3.8, 4) is 0 Å². The molecule has 0 saturated carbocycles. The summed E-state index contributed by atoms with van der Waals surface area (Å²) in [6, 6.07) is 7.02. The average molecular weight is 547 g/mol. The number of carbonyl (C=O) groups excluding carboxylic acids is 3. The highest BCUT2D eigenvalue weighted by molar-refractivity contribution is 8.00. The number of ether oxygens (including phenoxy) is 1. The fourth-order valence-electron chi connectivity index (χ4n) is 4.25. The van der Waals surface area contributed by atoms with Crippen molar-refractivity contribution >= 4 is 57.5 Å². The number of carbonyl (C=O) groups is 4. The minimum absolute atomic E-state index is 0.112. The van der Waals surface area contributed by atoms with Gasteiger partial charge in [-0.1, -0.05) is 26.8 Å². The zero-order valence-corrected chi connectivity index (χ0v) is 23.3. The van der Waals surface area contributed by atoms with E-state index in [-0.39, 0.29) is 42.4 Å². The van der Waals surface area contributed by atoms with Gasteiger partial charge in [0.25, 0.3) is 0 Å². The van der Waals surface area contributed by atoms with Crippen molar-refractivity contribution in [1.29, 1.82) is 0 Å². The molecule has 1 aromatic heterocycles. The van der Waals surface area contributed by atoms with Crippen LogP contribution in [0.1, 0.15) is 67.8 Å². The van der Waals surface area contributed by atoms with Gasteiger partial charge in [0, 0.05) is 21.9 Å². The molecular formula is C27H34N2O6S2. The number of benzene rings is 1. The molecule has 1 aliphatic rings. The Bertz CT molecular complexity index is 1170. The third kappa shape index (κ3) is 8.07. The maximum atomic E-state index is 12.9. The van der Waals surface area contributed by atoms with Gasteiger partial charge in [0.15, 0.2) is 0 Å². The zero-order valence-electron chi connectivity index (χ0n) is 21.6. The molecule has 1 unspecified atom stereocenters. The molecule has 1 atom stereocenters. The second kappa shape index (κ2) is 12.6. The van der Waals surface area contributed by atoms with Gasteiger partial charge in [-0.25, -0.2) is 4.79 Å². The minimum Gasteiger partial charge on any atom is -0.481 e. The fraction of sp³-hybridized carbons (Fsp3) is 0.481. The Morgan fingerprint density at radius 2 is 1.89 bits per heavy atom. The molecule has 1 aromatic carbocycles. The molecule has 1 aliphatic carbocycles. The third-order valence-electron chi connectivity index (χ3n) is 6.28. The average Bonchev–Trinajstić information content (AvgIpc) is 3.18. The minimum atomic E-state index is -1.03. The Labute approximate surface area is 225 Å². The van der Waals surface area contributed by atoms with Crippen LogP contribution in [-0.4, -0.2) is 41.2 Å². The molecule has 0 radical (unpaired) electrons. The SMILES string of the molecule is CCOC(=O)c1c(NC(=O)CSc2cccc(NC(=O)CCC(=O)O)c2)sc2c1CCC(C(C)(C)C)C2. The summed E-state index contributed by atoms with van der Waals surface area (Å²) in [6.07, 6.45) is 2.31. The Balaban J connectivity index is 1.67. The van der Waals surface area contributed by atoms with Crippen molar-refractivity contribution in [2.45, 2.75) is 64.7 Å². The molecule has 0 fully saturated rings. The molecule has 0 spiro atoms. The van der Waals surface area contributed by atoms with Crippen LogP contribution in [0, 0.1) is 11.3 Å². The number of amides is 2. The molecule has 10 heteroatoms. The van der Waals surface area contributed by atoms with E-state index in [1.807, 2.05) is 6.07 Å². The van der Waals surface area contributed by atoms with E-state index in [2.05, 4.69) is 31.4 Å². The molecular weight excluding hydrogens is 512 g/mol. The maximum Gasteiger partial charge on any atom is 0.341 e. The standard InChI is InChI=1S/C27H34N2O6S2/c1-5-35-26(34)24-19-10-9-16(27(2,3)4)13-20(19)37-25(24)29-22(31)15-36-18-8-6-7-17(14-18)28-21(30)11-12-23(32)33/h6-8,14,16H,5,9-13,15H2,1-4H3,(H,28,30)(H,29,31)(H,32,33). The number of aliphatic carboxylic acids is 1. The molecule has 2 aromatic rings. The van der Waals surface area contributed by atoms with E-state index in [0.717, 1.165) is 34.6 Å². The van der Waals surface area contributed by atoms with Gasteiger partial charge in [0.2, 0.25) is 11.8 Å². The molecule has 0 bridgehead atoms. The number of rotatable bonds is 10. The van der Waals surface area contributed by atoms with Gasteiger partial charge >= 0.3 is 11.9 Å². The lowest BCUT2D eigenvalue weighted by molar-refractivity contribution is -0.138. The first-order valence-electron chi connectivity index (χ1n) is 12.3. The van der Waals surface area contributed by atoms with Crippen molar-refractivity contribution in [2.75, 3.05) is 23.0 Å². The summed E-state index contributed by atoms with van der Waals surface area (Å²) in [5, 5.41) is 14.9. The number of thioether (sulfide) groups is 1. The highest BCUT2D eigenvalue weighted by atomic mass is 32.2. The van der Waals surface area contributed by atoms with E-state index in [0.29, 0.717) is 22.2 Å². The quantitative estimate of drug-likeness (QED) is 0.262. The van der Waals surface area contributed by atoms with Gasteiger partial charge < -0.3 is 20.5 Å². The molecule has 1 heterocycles. The lowest BCUT2D eigenvalue weighted by Crippen LogP contribution is -2.26. The molecule has 200 valence electrons. The lowest BCUT2D eigenvalue weighted by atomic mass is 9.72. The van der Waals surface area contributed by atoms with Gasteiger partial charge in [-0.2, -0.15) is 0 Å². The maximum absolute atomic E-state index is 12.9. The molecule has 2 amide bonds. The topological polar surface area (TPSA) is 122 Å². The van der Waals surface area contributed by atoms with Gasteiger partial charge in [-0.05, 0) is 61.3 Å². The van der Waals surface area contributed by atoms with Crippen LogP contribution >= 0.6 is 23.1 Å². The highest BCUT2D eigenvalue weighted by Gasteiger charge is 2.34. The van der Waals surface area contributed by atoms with Crippen molar-refractivity contribution < 1.29 is 29.0 Å². The third-order valence-corrected chi connectivity index (χ3v) is 8.44. The van der Waals surface area contributed by atoms with Gasteiger partial charge in [0.05, 0.1) is 24.3 Å². The molecule has 8 nitrogen and oxygen atoms in total. The van der Waals surface area contributed by atoms with Crippen LogP contribution in [0.5, 0.6) is 0 Å². The van der Waals surface area contributed by atoms with E-state index in [1.54, 1.807) is 25.1 Å². The summed E-state index contributed by atoms with van der Waals surface area (Å²) in [6.45, 7) is 8.74. The summed E-state index contributed by atoms with van der Waals surface area (Å²) in [4.78, 5) is 50.1. The lowest BCUT2D eigenvalue weighted by Gasteiger charge is -2.33. The smallest absolute Gasteiger partial charge is 0.341 e. The predicted molar refractivity (Wildman–Crippen MR) is 147 cm³/mol. The van der Waals surface area contributed by atoms with Crippen LogP contribution in [0.25, 0.3) is 0 Å². The molecule has 0 saturated heterocycles. The Morgan fingerprint density at radius 1 is 1.14 bits per heavy atom. The number of hydrogen-bond acceptors (Lipinski definition) is 7. The number of thiophene rings is 1. The second-order valence-electron chi connectivity index (χ2n) is 10.0. The number of anilines is 2. The van der Waals surface area contributed by atoms with E-state index < -0.39 is 11.9 Å². The normalized spacial score (nSPS) is 15.0. The van der Waals surface area contributed by atoms with Gasteiger partial charge in [-0.3, -0.25) is 14.4 Å². The van der Waals surface area contributed by atoms with Crippen molar-refractivity contribution in [3.05, 3.63) is 40.3 Å². The number of nitrogens with one attached hydrogen (secondary N) is 2. The van der Waals surface area contributed by atoms with E-state index in [9.17, 15) is 19.2 Å². The Hall–Kier alpha value is -2.85. The first kappa shape index (κ1) is 28.7. The van der Waals surface area contributed by atoms with E-state index >= 15 is 0 Å². The van der Waals surface area contributed by atoms with Crippen LogP contribution < -0.4 is 10.6 Å². The Kier molecular flexibility index (Phi) is 9.78. The van der Waals surface area contributed by atoms with Crippen molar-refractivity contribution in [3.63, 3.8) is 0 Å².